The van der Waals surface area contributed by atoms with Crippen LogP contribution in [0.1, 0.15) is 9.67 Å². The van der Waals surface area contributed by atoms with E-state index in [1.807, 2.05) is 0 Å². The van der Waals surface area contributed by atoms with Gasteiger partial charge in [-0.1, -0.05) is 17.7 Å². The monoisotopic (exact) mass is 320 g/mol. The third-order valence-corrected chi connectivity index (χ3v) is 3.55. The zero-order chi connectivity index (χ0) is 14.8. The lowest BCUT2D eigenvalue weighted by molar-refractivity contribution is -0.118. The second-order valence-electron chi connectivity index (χ2n) is 3.82. The molecule has 2 heterocycles. The van der Waals surface area contributed by atoms with Crippen LogP contribution in [-0.2, 0) is 0 Å². The molecule has 0 aliphatic rings. The highest BCUT2D eigenvalue weighted by Gasteiger charge is 2.35. The highest BCUT2D eigenvalue weighted by atomic mass is 35.5. The summed E-state index contributed by atoms with van der Waals surface area (Å²) in [7, 11) is 0. The van der Waals surface area contributed by atoms with Gasteiger partial charge in [0.25, 0.3) is 5.91 Å². The first-order chi connectivity index (χ1) is 9.37. The molecule has 0 unspecified atom stereocenters. The molecule has 8 heteroatoms. The van der Waals surface area contributed by atoms with E-state index in [0.29, 0.717) is 9.92 Å². The molecule has 0 fully saturated rings. The summed E-state index contributed by atoms with van der Waals surface area (Å²) >= 11 is 6.68. The van der Waals surface area contributed by atoms with Gasteiger partial charge in [-0.15, -0.1) is 11.3 Å². The van der Waals surface area contributed by atoms with E-state index >= 15 is 0 Å². The Hall–Kier alpha value is -1.60. The number of anilines is 1. The Labute approximate surface area is 121 Å². The molecule has 0 spiro atoms. The fourth-order valence-corrected chi connectivity index (χ4v) is 2.53. The Kier molecular flexibility index (Phi) is 4.29. The SMILES string of the molecule is O=C(c1cc(Cl)cs1)N(CC(F)(F)F)c1ccccn1. The number of rotatable bonds is 3. The van der Waals surface area contributed by atoms with Gasteiger partial charge in [0.2, 0.25) is 0 Å². The van der Waals surface area contributed by atoms with Crippen LogP contribution < -0.4 is 4.90 Å². The van der Waals surface area contributed by atoms with Crippen molar-refractivity contribution in [3.05, 3.63) is 45.7 Å². The molecular weight excluding hydrogens is 313 g/mol. The summed E-state index contributed by atoms with van der Waals surface area (Å²) in [5, 5.41) is 1.80. The van der Waals surface area contributed by atoms with Crippen molar-refractivity contribution in [1.82, 2.24) is 4.98 Å². The van der Waals surface area contributed by atoms with Gasteiger partial charge >= 0.3 is 6.18 Å². The van der Waals surface area contributed by atoms with Crippen LogP contribution in [0.15, 0.2) is 35.8 Å². The molecule has 2 aromatic heterocycles. The highest BCUT2D eigenvalue weighted by Crippen LogP contribution is 2.26. The van der Waals surface area contributed by atoms with Crippen molar-refractivity contribution in [3.63, 3.8) is 0 Å². The van der Waals surface area contributed by atoms with Crippen LogP contribution in [0.25, 0.3) is 0 Å². The molecule has 106 valence electrons. The first kappa shape index (κ1) is 14.8. The molecular formula is C12H8ClF3N2OS. The maximum atomic E-state index is 12.6. The Morgan fingerprint density at radius 3 is 2.65 bits per heavy atom. The number of carbonyl (C=O) groups excluding carboxylic acids is 1. The second-order valence-corrected chi connectivity index (χ2v) is 5.17. The maximum Gasteiger partial charge on any atom is 0.406 e. The third-order valence-electron chi connectivity index (χ3n) is 2.29. The predicted molar refractivity (Wildman–Crippen MR) is 71.3 cm³/mol. The van der Waals surface area contributed by atoms with Crippen molar-refractivity contribution < 1.29 is 18.0 Å². The van der Waals surface area contributed by atoms with Crippen LogP contribution >= 0.6 is 22.9 Å². The number of hydrogen-bond donors (Lipinski definition) is 0. The number of thiophene rings is 1. The van der Waals surface area contributed by atoms with E-state index in [1.54, 1.807) is 6.07 Å². The average Bonchev–Trinajstić information content (AvgIpc) is 2.82. The van der Waals surface area contributed by atoms with Crippen molar-refractivity contribution in [2.24, 2.45) is 0 Å². The quantitative estimate of drug-likeness (QED) is 0.856. The number of pyridine rings is 1. The van der Waals surface area contributed by atoms with E-state index in [2.05, 4.69) is 4.98 Å². The first-order valence-corrected chi connectivity index (χ1v) is 6.66. The zero-order valence-corrected chi connectivity index (χ0v) is 11.5. The van der Waals surface area contributed by atoms with Gasteiger partial charge in [0.1, 0.15) is 12.4 Å². The normalized spacial score (nSPS) is 11.4. The first-order valence-electron chi connectivity index (χ1n) is 5.40. The van der Waals surface area contributed by atoms with E-state index in [-0.39, 0.29) is 10.7 Å². The molecule has 3 nitrogen and oxygen atoms in total. The fourth-order valence-electron chi connectivity index (χ4n) is 1.51. The van der Waals surface area contributed by atoms with Crippen molar-refractivity contribution in [2.75, 3.05) is 11.4 Å². The number of carbonyl (C=O) groups is 1. The van der Waals surface area contributed by atoms with Crippen molar-refractivity contribution in [3.8, 4) is 0 Å². The molecule has 0 N–H and O–H groups in total. The van der Waals surface area contributed by atoms with Crippen LogP contribution in [0, 0.1) is 0 Å². The number of nitrogens with zero attached hydrogens (tertiary/aromatic N) is 2. The van der Waals surface area contributed by atoms with E-state index in [0.717, 1.165) is 11.3 Å². The maximum absolute atomic E-state index is 12.6. The van der Waals surface area contributed by atoms with E-state index in [1.165, 1.54) is 29.8 Å². The smallest absolute Gasteiger partial charge is 0.283 e. The molecule has 2 aromatic rings. The summed E-state index contributed by atoms with van der Waals surface area (Å²) in [6, 6.07) is 5.75. The van der Waals surface area contributed by atoms with Gasteiger partial charge in [0, 0.05) is 11.6 Å². The number of amides is 1. The summed E-state index contributed by atoms with van der Waals surface area (Å²) in [5.41, 5.74) is 0. The van der Waals surface area contributed by atoms with Crippen LogP contribution in [-0.4, -0.2) is 23.6 Å². The van der Waals surface area contributed by atoms with E-state index in [9.17, 15) is 18.0 Å². The van der Waals surface area contributed by atoms with E-state index < -0.39 is 18.6 Å². The van der Waals surface area contributed by atoms with Gasteiger partial charge in [-0.2, -0.15) is 13.2 Å². The minimum atomic E-state index is -4.52. The minimum absolute atomic E-state index is 0.0562. The van der Waals surface area contributed by atoms with Crippen molar-refractivity contribution in [2.45, 2.75) is 6.18 Å². The summed E-state index contributed by atoms with van der Waals surface area (Å²) in [5.74, 6) is -0.836. The lowest BCUT2D eigenvalue weighted by Gasteiger charge is -2.22. The van der Waals surface area contributed by atoms with Gasteiger partial charge in [-0.05, 0) is 18.2 Å². The standard InChI is InChI=1S/C12H8ClF3N2OS/c13-8-5-9(20-6-8)11(19)18(7-12(14,15)16)10-3-1-2-4-17-10/h1-6H,7H2. The number of alkyl halides is 3. The molecule has 0 aromatic carbocycles. The topological polar surface area (TPSA) is 33.2 Å². The molecule has 0 radical (unpaired) electrons. The Bertz CT molecular complexity index is 600. The van der Waals surface area contributed by atoms with E-state index in [4.69, 9.17) is 11.6 Å². The van der Waals surface area contributed by atoms with Crippen LogP contribution in [0.4, 0.5) is 19.0 Å². The van der Waals surface area contributed by atoms with Gasteiger partial charge in [0.15, 0.2) is 0 Å². The van der Waals surface area contributed by atoms with Crippen molar-refractivity contribution in [1.29, 1.82) is 0 Å². The summed E-state index contributed by atoms with van der Waals surface area (Å²) in [6.07, 6.45) is -3.19. The highest BCUT2D eigenvalue weighted by molar-refractivity contribution is 7.12. The molecule has 2 rings (SSSR count). The molecule has 0 saturated carbocycles. The van der Waals surface area contributed by atoms with Crippen LogP contribution in [0.2, 0.25) is 5.02 Å². The van der Waals surface area contributed by atoms with Gasteiger partial charge in [-0.25, -0.2) is 4.98 Å². The summed E-state index contributed by atoms with van der Waals surface area (Å²) < 4.78 is 37.9. The second kappa shape index (κ2) is 5.80. The van der Waals surface area contributed by atoms with Gasteiger partial charge in [0.05, 0.1) is 9.90 Å². The largest absolute Gasteiger partial charge is 0.406 e. The molecule has 0 saturated heterocycles. The lowest BCUT2D eigenvalue weighted by atomic mass is 10.3. The molecule has 0 aliphatic carbocycles. The fraction of sp³-hybridized carbons (Fsp3) is 0.167. The van der Waals surface area contributed by atoms with Gasteiger partial charge in [-0.3, -0.25) is 9.69 Å². The van der Waals surface area contributed by atoms with Gasteiger partial charge < -0.3 is 0 Å². The van der Waals surface area contributed by atoms with Crippen LogP contribution in [0.3, 0.4) is 0 Å². The van der Waals surface area contributed by atoms with Crippen molar-refractivity contribution >= 4 is 34.7 Å². The molecule has 0 bridgehead atoms. The number of hydrogen-bond acceptors (Lipinski definition) is 3. The minimum Gasteiger partial charge on any atom is -0.283 e. The molecule has 0 aliphatic heterocycles. The molecule has 1 amide bonds. The average molecular weight is 321 g/mol. The Morgan fingerprint density at radius 1 is 1.40 bits per heavy atom. The van der Waals surface area contributed by atoms with Crippen LogP contribution in [0.5, 0.6) is 0 Å². The summed E-state index contributed by atoms with van der Waals surface area (Å²) in [4.78, 5) is 16.7. The number of halogens is 4. The zero-order valence-electron chi connectivity index (χ0n) is 9.89. The Balaban J connectivity index is 2.34. The summed E-state index contributed by atoms with van der Waals surface area (Å²) in [6.45, 7) is -1.40. The Morgan fingerprint density at radius 2 is 2.15 bits per heavy atom. The predicted octanol–water partition coefficient (Wildman–Crippen LogP) is 4.01. The third kappa shape index (κ3) is 3.71. The molecule has 20 heavy (non-hydrogen) atoms. The number of aromatic nitrogens is 1. The lowest BCUT2D eigenvalue weighted by Crippen LogP contribution is -2.39. The molecule has 0 atom stereocenters.